The molecule has 1 heterocycles. The van der Waals surface area contributed by atoms with Gasteiger partial charge in [0.25, 0.3) is 5.91 Å². The Morgan fingerprint density at radius 3 is 2.63 bits per heavy atom. The molecule has 1 aromatic heterocycles. The standard InChI is InChI=1S/C23H27N3O4/c1-13(2)8-9-30-18-7-6-16(12-19(18)29-5)22(27)26-25-21-17-11-14(3)10-15(4)20(17)24-23(21)28/h6-7,10-13,24,28H,8-9H2,1-5H3. The topological polar surface area (TPSA) is 96.3 Å². The lowest BCUT2D eigenvalue weighted by molar-refractivity contribution is 0.0994. The van der Waals surface area contributed by atoms with Gasteiger partial charge in [0.15, 0.2) is 17.2 Å². The zero-order valence-electron chi connectivity index (χ0n) is 17.9. The van der Waals surface area contributed by atoms with E-state index in [1.54, 1.807) is 18.2 Å². The third-order valence-corrected chi connectivity index (χ3v) is 4.81. The highest BCUT2D eigenvalue weighted by Crippen LogP contribution is 2.37. The number of ether oxygens (including phenoxy) is 2. The first-order valence-corrected chi connectivity index (χ1v) is 9.89. The Hall–Kier alpha value is -3.35. The van der Waals surface area contributed by atoms with E-state index in [-0.39, 0.29) is 11.6 Å². The molecule has 0 aliphatic heterocycles. The third kappa shape index (κ3) is 4.62. The first-order chi connectivity index (χ1) is 14.3. The Morgan fingerprint density at radius 2 is 1.93 bits per heavy atom. The molecule has 0 unspecified atom stereocenters. The molecule has 2 N–H and O–H groups in total. The maximum Gasteiger partial charge on any atom is 0.295 e. The highest BCUT2D eigenvalue weighted by Gasteiger charge is 2.15. The summed E-state index contributed by atoms with van der Waals surface area (Å²) in [7, 11) is 1.52. The zero-order chi connectivity index (χ0) is 21.8. The van der Waals surface area contributed by atoms with Crippen LogP contribution in [0.5, 0.6) is 17.4 Å². The van der Waals surface area contributed by atoms with Gasteiger partial charge in [0, 0.05) is 10.9 Å². The number of hydrogen-bond donors (Lipinski definition) is 2. The number of nitrogens with zero attached hydrogens (tertiary/aromatic N) is 2. The lowest BCUT2D eigenvalue weighted by Gasteiger charge is -2.12. The van der Waals surface area contributed by atoms with Crippen LogP contribution in [0, 0.1) is 19.8 Å². The molecule has 0 fully saturated rings. The summed E-state index contributed by atoms with van der Waals surface area (Å²) >= 11 is 0. The van der Waals surface area contributed by atoms with Gasteiger partial charge in [0.1, 0.15) is 0 Å². The summed E-state index contributed by atoms with van der Waals surface area (Å²) in [6.45, 7) is 8.72. The SMILES string of the molecule is COc1cc(C(=O)N=Nc2c(O)[nH]c3c(C)cc(C)cc23)ccc1OCCC(C)C. The van der Waals surface area contributed by atoms with Crippen LogP contribution in [0.15, 0.2) is 40.6 Å². The molecule has 7 nitrogen and oxygen atoms in total. The number of aromatic hydroxyl groups is 1. The molecular weight excluding hydrogens is 382 g/mol. The van der Waals surface area contributed by atoms with E-state index in [2.05, 4.69) is 29.1 Å². The summed E-state index contributed by atoms with van der Waals surface area (Å²) in [5.74, 6) is 0.903. The molecule has 158 valence electrons. The first kappa shape index (κ1) is 21.4. The molecule has 3 aromatic rings. The van der Waals surface area contributed by atoms with Gasteiger partial charge in [-0.25, -0.2) is 0 Å². The van der Waals surface area contributed by atoms with Crippen LogP contribution in [0.1, 0.15) is 41.8 Å². The van der Waals surface area contributed by atoms with Crippen molar-refractivity contribution in [3.8, 4) is 17.4 Å². The van der Waals surface area contributed by atoms with E-state index in [1.807, 2.05) is 26.0 Å². The van der Waals surface area contributed by atoms with Crippen LogP contribution in [-0.4, -0.2) is 29.7 Å². The molecule has 0 bridgehead atoms. The predicted octanol–water partition coefficient (Wildman–Crippen LogP) is 5.85. The highest BCUT2D eigenvalue weighted by atomic mass is 16.5. The average molecular weight is 409 g/mol. The van der Waals surface area contributed by atoms with Crippen LogP contribution in [0.4, 0.5) is 5.69 Å². The second kappa shape index (κ2) is 8.98. The van der Waals surface area contributed by atoms with Crippen molar-refractivity contribution in [2.45, 2.75) is 34.1 Å². The molecule has 0 atom stereocenters. The first-order valence-electron chi connectivity index (χ1n) is 9.89. The van der Waals surface area contributed by atoms with Crippen LogP contribution in [0.3, 0.4) is 0 Å². The number of aryl methyl sites for hydroxylation is 2. The smallest absolute Gasteiger partial charge is 0.295 e. The van der Waals surface area contributed by atoms with Crippen molar-refractivity contribution in [3.63, 3.8) is 0 Å². The second-order valence-electron chi connectivity index (χ2n) is 7.73. The van der Waals surface area contributed by atoms with E-state index in [0.29, 0.717) is 35.0 Å². The third-order valence-electron chi connectivity index (χ3n) is 4.81. The summed E-state index contributed by atoms with van der Waals surface area (Å²) in [6, 6.07) is 8.79. The molecule has 0 saturated heterocycles. The van der Waals surface area contributed by atoms with Gasteiger partial charge >= 0.3 is 0 Å². The molecule has 0 spiro atoms. The van der Waals surface area contributed by atoms with Gasteiger partial charge in [-0.3, -0.25) is 4.79 Å². The fourth-order valence-corrected chi connectivity index (χ4v) is 3.20. The Morgan fingerprint density at radius 1 is 1.17 bits per heavy atom. The van der Waals surface area contributed by atoms with Crippen LogP contribution in [-0.2, 0) is 0 Å². The molecule has 0 aliphatic carbocycles. The number of aromatic nitrogens is 1. The average Bonchev–Trinajstić information content (AvgIpc) is 3.01. The number of fused-ring (bicyclic) bond motifs is 1. The van der Waals surface area contributed by atoms with Crippen molar-refractivity contribution in [3.05, 3.63) is 47.0 Å². The van der Waals surface area contributed by atoms with Crippen molar-refractivity contribution in [1.82, 2.24) is 4.98 Å². The Kier molecular flexibility index (Phi) is 6.40. The van der Waals surface area contributed by atoms with E-state index >= 15 is 0 Å². The van der Waals surface area contributed by atoms with Gasteiger partial charge in [0.2, 0.25) is 5.88 Å². The number of carbonyl (C=O) groups is 1. The Balaban J connectivity index is 1.83. The molecule has 0 radical (unpaired) electrons. The maximum absolute atomic E-state index is 12.6. The zero-order valence-corrected chi connectivity index (χ0v) is 17.9. The molecule has 1 amide bonds. The van der Waals surface area contributed by atoms with Crippen molar-refractivity contribution in [2.75, 3.05) is 13.7 Å². The molecule has 7 heteroatoms. The number of H-pyrrole nitrogens is 1. The van der Waals surface area contributed by atoms with Gasteiger partial charge in [-0.1, -0.05) is 25.5 Å². The van der Waals surface area contributed by atoms with Crippen LogP contribution < -0.4 is 9.47 Å². The minimum atomic E-state index is -0.542. The minimum absolute atomic E-state index is 0.123. The van der Waals surface area contributed by atoms with Gasteiger partial charge in [0.05, 0.1) is 19.2 Å². The number of carbonyl (C=O) groups excluding carboxylic acids is 1. The van der Waals surface area contributed by atoms with E-state index in [9.17, 15) is 9.90 Å². The summed E-state index contributed by atoms with van der Waals surface area (Å²) in [4.78, 5) is 15.4. The number of nitrogens with one attached hydrogen (secondary N) is 1. The van der Waals surface area contributed by atoms with Crippen LogP contribution in [0.25, 0.3) is 10.9 Å². The minimum Gasteiger partial charge on any atom is -0.493 e. The number of hydrogen-bond acceptors (Lipinski definition) is 5. The predicted molar refractivity (Wildman–Crippen MR) is 116 cm³/mol. The normalized spacial score (nSPS) is 11.5. The summed E-state index contributed by atoms with van der Waals surface area (Å²) in [5, 5.41) is 18.8. The van der Waals surface area contributed by atoms with Crippen LogP contribution >= 0.6 is 0 Å². The number of azo groups is 1. The largest absolute Gasteiger partial charge is 0.493 e. The fraction of sp³-hybridized carbons (Fsp3) is 0.348. The molecule has 0 saturated carbocycles. The molecular formula is C23H27N3O4. The van der Waals surface area contributed by atoms with E-state index in [4.69, 9.17) is 9.47 Å². The van der Waals surface area contributed by atoms with Gasteiger partial charge in [-0.15, -0.1) is 10.2 Å². The lowest BCUT2D eigenvalue weighted by atomic mass is 10.1. The molecule has 2 aromatic carbocycles. The van der Waals surface area contributed by atoms with Crippen molar-refractivity contribution in [2.24, 2.45) is 16.1 Å². The Bertz CT molecular complexity index is 1100. The fourth-order valence-electron chi connectivity index (χ4n) is 3.20. The quantitative estimate of drug-likeness (QED) is 0.479. The van der Waals surface area contributed by atoms with E-state index < -0.39 is 5.91 Å². The molecule has 3 rings (SSSR count). The van der Waals surface area contributed by atoms with Crippen LogP contribution in [0.2, 0.25) is 0 Å². The summed E-state index contributed by atoms with van der Waals surface area (Å²) in [5.41, 5.74) is 3.33. The number of methoxy groups -OCH3 is 1. The van der Waals surface area contributed by atoms with Crippen molar-refractivity contribution < 1.29 is 19.4 Å². The van der Waals surface area contributed by atoms with E-state index in [1.165, 1.54) is 7.11 Å². The monoisotopic (exact) mass is 409 g/mol. The summed E-state index contributed by atoms with van der Waals surface area (Å²) < 4.78 is 11.1. The van der Waals surface area contributed by atoms with Crippen molar-refractivity contribution in [1.29, 1.82) is 0 Å². The van der Waals surface area contributed by atoms with Gasteiger partial charge in [-0.05, 0) is 56.0 Å². The number of benzene rings is 2. The van der Waals surface area contributed by atoms with Crippen molar-refractivity contribution >= 4 is 22.5 Å². The van der Waals surface area contributed by atoms with Gasteiger partial charge < -0.3 is 19.6 Å². The summed E-state index contributed by atoms with van der Waals surface area (Å²) in [6.07, 6.45) is 0.922. The molecule has 30 heavy (non-hydrogen) atoms. The number of rotatable bonds is 7. The van der Waals surface area contributed by atoms with Gasteiger partial charge in [-0.2, -0.15) is 0 Å². The maximum atomic E-state index is 12.6. The number of aromatic amines is 1. The Labute approximate surface area is 175 Å². The second-order valence-corrected chi connectivity index (χ2v) is 7.73. The lowest BCUT2D eigenvalue weighted by Crippen LogP contribution is -2.03. The highest BCUT2D eigenvalue weighted by molar-refractivity contribution is 5.98. The number of amides is 1. The van der Waals surface area contributed by atoms with E-state index in [0.717, 1.165) is 23.1 Å². The molecule has 0 aliphatic rings.